The highest BCUT2D eigenvalue weighted by Crippen LogP contribution is 2.48. The van der Waals surface area contributed by atoms with Crippen LogP contribution in [0.3, 0.4) is 0 Å². The molecule has 1 aliphatic heterocycles. The first-order valence-electron chi connectivity index (χ1n) is 14.6. The Morgan fingerprint density at radius 3 is 2.42 bits per heavy atom. The summed E-state index contributed by atoms with van der Waals surface area (Å²) in [5.41, 5.74) is -2.25. The summed E-state index contributed by atoms with van der Waals surface area (Å²) in [6.07, 6.45) is -2.50. The fourth-order valence-corrected chi connectivity index (χ4v) is 7.03. The lowest BCUT2D eigenvalue weighted by Crippen LogP contribution is -2.59. The lowest BCUT2D eigenvalue weighted by molar-refractivity contribution is -0.202. The number of fused-ring (bicyclic) bond motifs is 1. The average molecular weight is 659 g/mol. The molecule has 2 heterocycles. The summed E-state index contributed by atoms with van der Waals surface area (Å²) in [5.74, 6) is -2.67. The lowest BCUT2D eigenvalue weighted by atomic mass is 9.76. The number of aromatic nitrogens is 2. The van der Waals surface area contributed by atoms with Crippen molar-refractivity contribution in [3.8, 4) is 0 Å². The molecule has 0 spiro atoms. The molecular formula is C30H32F6N4O4S. The summed E-state index contributed by atoms with van der Waals surface area (Å²) in [7, 11) is -4.12. The Morgan fingerprint density at radius 1 is 1.07 bits per heavy atom. The van der Waals surface area contributed by atoms with Gasteiger partial charge in [0, 0.05) is 31.1 Å². The molecule has 1 fully saturated rings. The van der Waals surface area contributed by atoms with Crippen molar-refractivity contribution >= 4 is 27.4 Å². The summed E-state index contributed by atoms with van der Waals surface area (Å²) < 4.78 is 110. The summed E-state index contributed by atoms with van der Waals surface area (Å²) in [4.78, 5) is 26.8. The second-order valence-corrected chi connectivity index (χ2v) is 13.6. The van der Waals surface area contributed by atoms with E-state index in [-0.39, 0.29) is 30.5 Å². The van der Waals surface area contributed by atoms with E-state index in [0.717, 1.165) is 42.8 Å². The van der Waals surface area contributed by atoms with Gasteiger partial charge in [-0.05, 0) is 73.6 Å². The van der Waals surface area contributed by atoms with E-state index in [2.05, 4.69) is 5.10 Å². The Kier molecular flexibility index (Phi) is 8.95. The number of sulfonamides is 1. The average Bonchev–Trinajstić information content (AvgIpc) is 3.72. The van der Waals surface area contributed by atoms with Gasteiger partial charge in [0.05, 0.1) is 11.4 Å². The van der Waals surface area contributed by atoms with Crippen LogP contribution < -0.4 is 10.0 Å². The van der Waals surface area contributed by atoms with Crippen LogP contribution in [0.1, 0.15) is 73.6 Å². The van der Waals surface area contributed by atoms with Crippen molar-refractivity contribution in [1.82, 2.24) is 19.8 Å². The van der Waals surface area contributed by atoms with Crippen LogP contribution in [0.5, 0.6) is 0 Å². The molecule has 0 radical (unpaired) electrons. The van der Waals surface area contributed by atoms with Crippen LogP contribution in [-0.4, -0.2) is 47.6 Å². The number of nitrogens with one attached hydrogen (secondary N) is 2. The maximum Gasteiger partial charge on any atom is 0.416 e. The first-order valence-corrected chi connectivity index (χ1v) is 16.2. The molecule has 1 aromatic heterocycles. The van der Waals surface area contributed by atoms with Gasteiger partial charge in [0.1, 0.15) is 5.57 Å². The fourth-order valence-electron chi connectivity index (χ4n) is 5.75. The molecule has 45 heavy (non-hydrogen) atoms. The molecule has 0 saturated heterocycles. The molecular weight excluding hydrogens is 626 g/mol. The van der Waals surface area contributed by atoms with Gasteiger partial charge in [-0.15, -0.1) is 0 Å². The number of carbonyl (C=O) groups excluding carboxylic acids is 2. The molecule has 0 bridgehead atoms. The van der Waals surface area contributed by atoms with Crippen molar-refractivity contribution in [3.05, 3.63) is 70.6 Å². The number of halogens is 6. The van der Waals surface area contributed by atoms with Crippen LogP contribution in [0, 0.1) is 0 Å². The van der Waals surface area contributed by atoms with Gasteiger partial charge in [0.15, 0.2) is 5.54 Å². The van der Waals surface area contributed by atoms with Crippen molar-refractivity contribution in [1.29, 1.82) is 0 Å². The van der Waals surface area contributed by atoms with E-state index in [1.807, 2.05) is 10.0 Å². The molecule has 1 atom stereocenters. The Hall–Kier alpha value is -3.62. The molecule has 244 valence electrons. The maximum absolute atomic E-state index is 15.1. The third-order valence-corrected chi connectivity index (χ3v) is 10.1. The summed E-state index contributed by atoms with van der Waals surface area (Å²) >= 11 is 0. The SMILES string of the molecule is O=C1NC(c2cnn(CC/C=C/CCC(F)(F)F)c2)(C(F)(F)F)CC(c2ccc3c(c2)CCCC3)=C1C(=O)NS(=O)(=O)C1CC1. The second-order valence-electron chi connectivity index (χ2n) is 11.7. The van der Waals surface area contributed by atoms with Crippen LogP contribution in [-0.2, 0) is 44.5 Å². The standard InChI is InChI=1S/C30H32F6N4O4S/c31-29(32,33)13-5-1-2-6-14-40-18-22(17-37-40)28(30(34,35)36)16-24(21-10-9-19-7-3-4-8-20(19)15-21)25(26(41)38-28)27(42)39-45(43,44)23-11-12-23/h1-2,9-10,15,17-18,23H,3-8,11-14,16H2,(H,38,41)(H,39,42)/b2-1+. The number of nitrogens with zero attached hydrogens (tertiary/aromatic N) is 2. The molecule has 3 aliphatic rings. The molecule has 15 heteroatoms. The van der Waals surface area contributed by atoms with Crippen molar-refractivity contribution in [2.24, 2.45) is 0 Å². The topological polar surface area (TPSA) is 110 Å². The number of benzene rings is 1. The second kappa shape index (κ2) is 12.3. The van der Waals surface area contributed by atoms with Gasteiger partial charge >= 0.3 is 12.4 Å². The predicted molar refractivity (Wildman–Crippen MR) is 152 cm³/mol. The molecule has 2 aromatic rings. The zero-order chi connectivity index (χ0) is 32.6. The van der Waals surface area contributed by atoms with Gasteiger partial charge in [-0.3, -0.25) is 14.3 Å². The zero-order valence-corrected chi connectivity index (χ0v) is 24.9. The number of hydrogen-bond acceptors (Lipinski definition) is 5. The van der Waals surface area contributed by atoms with Gasteiger partial charge in [-0.2, -0.15) is 31.4 Å². The van der Waals surface area contributed by atoms with Gasteiger partial charge in [0.2, 0.25) is 10.0 Å². The Labute approximate surface area is 256 Å². The van der Waals surface area contributed by atoms with E-state index >= 15 is 13.2 Å². The van der Waals surface area contributed by atoms with E-state index in [1.54, 1.807) is 18.2 Å². The summed E-state index contributed by atoms with van der Waals surface area (Å²) in [6, 6.07) is 4.98. The van der Waals surface area contributed by atoms with Crippen molar-refractivity contribution in [2.45, 2.75) is 93.9 Å². The molecule has 5 rings (SSSR count). The van der Waals surface area contributed by atoms with E-state index < -0.39 is 69.0 Å². The normalized spacial score (nSPS) is 21.2. The van der Waals surface area contributed by atoms with E-state index in [4.69, 9.17) is 0 Å². The molecule has 8 nitrogen and oxygen atoms in total. The minimum absolute atomic E-state index is 0.0601. The molecule has 2 aliphatic carbocycles. The van der Waals surface area contributed by atoms with Gasteiger partial charge in [-0.1, -0.05) is 30.4 Å². The molecule has 1 saturated carbocycles. The highest BCUT2D eigenvalue weighted by molar-refractivity contribution is 7.91. The van der Waals surface area contributed by atoms with E-state index in [0.29, 0.717) is 19.3 Å². The Morgan fingerprint density at radius 2 is 1.76 bits per heavy atom. The zero-order valence-electron chi connectivity index (χ0n) is 24.1. The Balaban J connectivity index is 1.49. The fraction of sp³-hybridized carbons (Fsp3) is 0.500. The van der Waals surface area contributed by atoms with E-state index in [9.17, 15) is 31.2 Å². The monoisotopic (exact) mass is 658 g/mol. The van der Waals surface area contributed by atoms with Crippen molar-refractivity contribution in [3.63, 3.8) is 0 Å². The minimum atomic E-state index is -5.07. The van der Waals surface area contributed by atoms with Gasteiger partial charge in [0.25, 0.3) is 11.8 Å². The highest BCUT2D eigenvalue weighted by atomic mass is 32.2. The third kappa shape index (κ3) is 7.28. The van der Waals surface area contributed by atoms with Crippen LogP contribution in [0.15, 0.2) is 48.3 Å². The largest absolute Gasteiger partial charge is 0.416 e. The highest BCUT2D eigenvalue weighted by Gasteiger charge is 2.61. The van der Waals surface area contributed by atoms with Gasteiger partial charge < -0.3 is 5.32 Å². The van der Waals surface area contributed by atoms with Crippen LogP contribution >= 0.6 is 0 Å². The smallest absolute Gasteiger partial charge is 0.334 e. The van der Waals surface area contributed by atoms with Crippen molar-refractivity contribution in [2.75, 3.05) is 0 Å². The maximum atomic E-state index is 15.1. The number of alkyl halides is 6. The molecule has 2 N–H and O–H groups in total. The third-order valence-electron chi connectivity index (χ3n) is 8.32. The first kappa shape index (κ1) is 32.8. The lowest BCUT2D eigenvalue weighted by Gasteiger charge is -2.40. The number of allylic oxidation sites excluding steroid dienone is 2. The predicted octanol–water partition coefficient (Wildman–Crippen LogP) is 5.39. The molecule has 2 amide bonds. The number of amides is 2. The summed E-state index contributed by atoms with van der Waals surface area (Å²) in [5, 5.41) is 5.16. The number of aryl methyl sites for hydroxylation is 3. The summed E-state index contributed by atoms with van der Waals surface area (Å²) in [6.45, 7) is 0.0601. The minimum Gasteiger partial charge on any atom is -0.334 e. The van der Waals surface area contributed by atoms with Crippen LogP contribution in [0.2, 0.25) is 0 Å². The van der Waals surface area contributed by atoms with Gasteiger partial charge in [-0.25, -0.2) is 13.1 Å². The number of hydrogen-bond donors (Lipinski definition) is 2. The van der Waals surface area contributed by atoms with Crippen molar-refractivity contribution < 1.29 is 44.3 Å². The molecule has 1 unspecified atom stereocenters. The van der Waals surface area contributed by atoms with Crippen LogP contribution in [0.25, 0.3) is 5.57 Å². The Bertz CT molecular complexity index is 1640. The number of rotatable bonds is 10. The van der Waals surface area contributed by atoms with Crippen LogP contribution in [0.4, 0.5) is 26.3 Å². The van der Waals surface area contributed by atoms with E-state index in [1.165, 1.54) is 16.8 Å². The number of carbonyl (C=O) groups is 2. The first-order chi connectivity index (χ1) is 21.1. The quantitative estimate of drug-likeness (QED) is 0.202. The molecule has 1 aromatic carbocycles.